The summed E-state index contributed by atoms with van der Waals surface area (Å²) in [6.45, 7) is 0. The second-order valence-electron chi connectivity index (χ2n) is 10.5. The van der Waals surface area contributed by atoms with Gasteiger partial charge in [0.1, 0.15) is 5.75 Å². The van der Waals surface area contributed by atoms with Crippen molar-refractivity contribution < 1.29 is 14.5 Å². The van der Waals surface area contributed by atoms with E-state index in [1.54, 1.807) is 19.2 Å². The number of methoxy groups -OCH3 is 1. The number of anilines is 1. The number of nitrogens with zero attached hydrogens (tertiary/aromatic N) is 2. The molecule has 0 aromatic heterocycles. The number of rotatable bonds is 5. The van der Waals surface area contributed by atoms with E-state index in [0.29, 0.717) is 0 Å². The van der Waals surface area contributed by atoms with E-state index in [-0.39, 0.29) is 33.9 Å². The van der Waals surface area contributed by atoms with E-state index >= 15 is 0 Å². The lowest BCUT2D eigenvalue weighted by molar-refractivity contribution is -0.384. The van der Waals surface area contributed by atoms with Crippen LogP contribution >= 0.6 is 0 Å². The molecule has 1 aliphatic heterocycles. The smallest absolute Gasteiger partial charge is 0.269 e. The monoisotopic (exact) mass is 432 g/mol. The van der Waals surface area contributed by atoms with Crippen LogP contribution in [0.4, 0.5) is 11.4 Å². The third-order valence-corrected chi connectivity index (χ3v) is 8.64. The van der Waals surface area contributed by atoms with Crippen LogP contribution in [0.15, 0.2) is 48.5 Å². The zero-order valence-electron chi connectivity index (χ0n) is 18.3. The van der Waals surface area contributed by atoms with Gasteiger partial charge >= 0.3 is 0 Å². The molecule has 166 valence electrons. The second-order valence-corrected chi connectivity index (χ2v) is 10.5. The summed E-state index contributed by atoms with van der Waals surface area (Å²) in [5.41, 5.74) is 2.02. The van der Waals surface area contributed by atoms with Gasteiger partial charge in [0.05, 0.1) is 24.0 Å². The van der Waals surface area contributed by atoms with Gasteiger partial charge < -0.3 is 9.64 Å². The molecule has 0 unspecified atom stereocenters. The number of hydrogen-bond donors (Lipinski definition) is 0. The minimum Gasteiger partial charge on any atom is -0.497 e. The topological polar surface area (TPSA) is 72.7 Å². The maximum Gasteiger partial charge on any atom is 0.269 e. The molecule has 1 amide bonds. The van der Waals surface area contributed by atoms with Crippen molar-refractivity contribution in [2.75, 3.05) is 12.0 Å². The van der Waals surface area contributed by atoms with Crippen molar-refractivity contribution in [2.24, 2.45) is 29.1 Å². The SMILES string of the molecule is COc1ccc(N2C(=O)[C@H](C34CC5CC(CC(C5)C3)C4)[C@H]2c2ccc([N+](=O)[O-])cc2)cc1. The van der Waals surface area contributed by atoms with Crippen LogP contribution in [-0.2, 0) is 4.79 Å². The van der Waals surface area contributed by atoms with Crippen LogP contribution in [0.1, 0.15) is 50.1 Å². The Bertz CT molecular complexity index is 1030. The number of ether oxygens (including phenoxy) is 1. The van der Waals surface area contributed by atoms with E-state index in [0.717, 1.165) is 54.0 Å². The molecule has 5 aliphatic rings. The van der Waals surface area contributed by atoms with Gasteiger partial charge in [0.2, 0.25) is 5.91 Å². The Labute approximate surface area is 187 Å². The van der Waals surface area contributed by atoms with Crippen LogP contribution < -0.4 is 9.64 Å². The Morgan fingerprint density at radius 2 is 1.50 bits per heavy atom. The average molecular weight is 433 g/mol. The van der Waals surface area contributed by atoms with E-state index in [1.807, 2.05) is 41.3 Å². The molecule has 0 N–H and O–H groups in total. The molecule has 6 heteroatoms. The van der Waals surface area contributed by atoms with Gasteiger partial charge in [-0.25, -0.2) is 0 Å². The van der Waals surface area contributed by atoms with Crippen molar-refractivity contribution in [3.05, 3.63) is 64.2 Å². The summed E-state index contributed by atoms with van der Waals surface area (Å²) in [4.78, 5) is 26.5. The highest BCUT2D eigenvalue weighted by molar-refractivity contribution is 6.04. The molecule has 0 spiro atoms. The Morgan fingerprint density at radius 3 is 2.00 bits per heavy atom. The lowest BCUT2D eigenvalue weighted by Crippen LogP contribution is -2.65. The number of β-lactam (4-membered cyclic amide) rings is 1. The number of nitro groups is 1. The Balaban J connectivity index is 1.40. The molecular weight excluding hydrogens is 404 g/mol. The summed E-state index contributed by atoms with van der Waals surface area (Å²) in [6.07, 6.45) is 7.50. The molecule has 2 aromatic rings. The fourth-order valence-corrected chi connectivity index (χ4v) is 7.81. The van der Waals surface area contributed by atoms with Crippen LogP contribution in [0.2, 0.25) is 0 Å². The molecule has 1 saturated heterocycles. The highest BCUT2D eigenvalue weighted by atomic mass is 16.6. The maximum absolute atomic E-state index is 13.8. The van der Waals surface area contributed by atoms with E-state index in [9.17, 15) is 14.9 Å². The molecule has 4 bridgehead atoms. The van der Waals surface area contributed by atoms with Crippen molar-refractivity contribution in [1.82, 2.24) is 0 Å². The minimum absolute atomic E-state index is 0.0422. The van der Waals surface area contributed by atoms with Crippen LogP contribution in [0.5, 0.6) is 5.75 Å². The molecule has 2 aromatic carbocycles. The lowest BCUT2D eigenvalue weighted by atomic mass is 9.44. The third kappa shape index (κ3) is 2.88. The normalized spacial score (nSPS) is 35.0. The first-order valence-corrected chi connectivity index (χ1v) is 11.7. The highest BCUT2D eigenvalue weighted by Gasteiger charge is 2.63. The van der Waals surface area contributed by atoms with Crippen LogP contribution in [0, 0.1) is 39.2 Å². The highest BCUT2D eigenvalue weighted by Crippen LogP contribution is 2.67. The quantitative estimate of drug-likeness (QED) is 0.354. The number of benzene rings is 2. The zero-order chi connectivity index (χ0) is 22.0. The van der Waals surface area contributed by atoms with Gasteiger partial charge in [-0.15, -0.1) is 0 Å². The first kappa shape index (κ1) is 19.8. The number of non-ortho nitro benzene ring substituents is 1. The fraction of sp³-hybridized carbons (Fsp3) is 0.500. The van der Waals surface area contributed by atoms with Crippen molar-refractivity contribution in [1.29, 1.82) is 0 Å². The summed E-state index contributed by atoms with van der Waals surface area (Å²) >= 11 is 0. The first-order valence-electron chi connectivity index (χ1n) is 11.7. The molecule has 4 aliphatic carbocycles. The zero-order valence-corrected chi connectivity index (χ0v) is 18.3. The fourth-order valence-electron chi connectivity index (χ4n) is 7.81. The van der Waals surface area contributed by atoms with E-state index in [2.05, 4.69) is 0 Å². The maximum atomic E-state index is 13.8. The molecular formula is C26H28N2O4. The number of amides is 1. The molecule has 2 atom stereocenters. The van der Waals surface area contributed by atoms with Gasteiger partial charge in [-0.1, -0.05) is 12.1 Å². The molecule has 5 fully saturated rings. The standard InChI is InChI=1S/C26H28N2O4/c1-32-22-8-6-20(7-9-22)27-24(19-2-4-21(5-3-19)28(30)31)23(25(27)29)26-13-16-10-17(14-26)12-18(11-16)15-26/h2-9,16-18,23-24H,10-15H2,1H3/t16?,17?,18?,23-,24-,26?/m1/s1. The summed E-state index contributed by atoms with van der Waals surface area (Å²) < 4.78 is 5.29. The predicted molar refractivity (Wildman–Crippen MR) is 120 cm³/mol. The molecule has 6 nitrogen and oxygen atoms in total. The Hall–Kier alpha value is -2.89. The largest absolute Gasteiger partial charge is 0.497 e. The van der Waals surface area contributed by atoms with Gasteiger partial charge in [0.15, 0.2) is 0 Å². The Morgan fingerprint density at radius 1 is 0.938 bits per heavy atom. The number of nitro benzene ring substituents is 1. The van der Waals surface area contributed by atoms with Gasteiger partial charge in [-0.3, -0.25) is 14.9 Å². The lowest BCUT2D eigenvalue weighted by Gasteiger charge is -2.64. The van der Waals surface area contributed by atoms with Crippen molar-refractivity contribution in [2.45, 2.75) is 44.6 Å². The molecule has 4 saturated carbocycles. The minimum atomic E-state index is -0.368. The van der Waals surface area contributed by atoms with E-state index in [4.69, 9.17) is 4.74 Å². The number of carbonyl (C=O) groups is 1. The number of hydrogen-bond acceptors (Lipinski definition) is 4. The second kappa shape index (κ2) is 7.06. The predicted octanol–water partition coefficient (Wildman–Crippen LogP) is 5.52. The third-order valence-electron chi connectivity index (χ3n) is 8.64. The van der Waals surface area contributed by atoms with Crippen molar-refractivity contribution >= 4 is 17.3 Å². The summed E-state index contributed by atoms with van der Waals surface area (Å²) in [6, 6.07) is 14.4. The van der Waals surface area contributed by atoms with Gasteiger partial charge in [0.25, 0.3) is 5.69 Å². The van der Waals surface area contributed by atoms with Crippen molar-refractivity contribution in [3.63, 3.8) is 0 Å². The van der Waals surface area contributed by atoms with Crippen molar-refractivity contribution in [3.8, 4) is 5.75 Å². The van der Waals surface area contributed by atoms with Crippen LogP contribution in [0.3, 0.4) is 0 Å². The average Bonchev–Trinajstić information content (AvgIpc) is 2.77. The van der Waals surface area contributed by atoms with E-state index in [1.165, 1.54) is 19.3 Å². The van der Waals surface area contributed by atoms with E-state index < -0.39 is 0 Å². The van der Waals surface area contributed by atoms with Crippen LogP contribution in [-0.4, -0.2) is 17.9 Å². The summed E-state index contributed by atoms with van der Waals surface area (Å²) in [5, 5.41) is 11.2. The first-order chi connectivity index (χ1) is 15.5. The molecule has 0 radical (unpaired) electrons. The summed E-state index contributed by atoms with van der Waals surface area (Å²) in [7, 11) is 1.63. The van der Waals surface area contributed by atoms with Gasteiger partial charge in [0, 0.05) is 17.8 Å². The molecule has 1 heterocycles. The number of carbonyl (C=O) groups excluding carboxylic acids is 1. The molecule has 7 rings (SSSR count). The molecule has 32 heavy (non-hydrogen) atoms. The van der Waals surface area contributed by atoms with Gasteiger partial charge in [-0.05, 0) is 91.5 Å². The van der Waals surface area contributed by atoms with Gasteiger partial charge in [-0.2, -0.15) is 0 Å². The van der Waals surface area contributed by atoms with Crippen LogP contribution in [0.25, 0.3) is 0 Å². The Kier molecular flexibility index (Phi) is 4.36. The summed E-state index contributed by atoms with van der Waals surface area (Å²) in [5.74, 6) is 3.22.